The lowest BCUT2D eigenvalue weighted by molar-refractivity contribution is -0.117. The van der Waals surface area contributed by atoms with Gasteiger partial charge in [-0.1, -0.05) is 0 Å². The molecule has 0 saturated carbocycles. The number of carbonyl (C=O) groups is 1. The number of alkyl halides is 1. The highest BCUT2D eigenvalue weighted by atomic mass is 19.1. The molecule has 1 amide bonds. The van der Waals surface area contributed by atoms with Gasteiger partial charge >= 0.3 is 0 Å². The summed E-state index contributed by atoms with van der Waals surface area (Å²) in [4.78, 5) is 10.7. The zero-order valence-corrected chi connectivity index (χ0v) is 7.92. The van der Waals surface area contributed by atoms with E-state index in [-0.39, 0.29) is 0 Å². The molecule has 0 heterocycles. The van der Waals surface area contributed by atoms with E-state index >= 15 is 0 Å². The van der Waals surface area contributed by atoms with Crippen molar-refractivity contribution in [1.29, 1.82) is 0 Å². The van der Waals surface area contributed by atoms with Gasteiger partial charge in [0.2, 0.25) is 0 Å². The molecular formula is C10H12FNO2. The minimum atomic E-state index is -1.01. The van der Waals surface area contributed by atoms with Crippen LogP contribution in [0.3, 0.4) is 0 Å². The number of hydrogen-bond donors (Lipinski definition) is 1. The highest BCUT2D eigenvalue weighted by Crippen LogP contribution is 2.15. The molecular weight excluding hydrogens is 185 g/mol. The van der Waals surface area contributed by atoms with Crippen LogP contribution in [-0.2, 0) is 4.79 Å². The maximum absolute atomic E-state index is 11.8. The fourth-order valence-corrected chi connectivity index (χ4v) is 0.996. The monoisotopic (exact) mass is 197 g/mol. The second-order valence-corrected chi connectivity index (χ2v) is 2.64. The van der Waals surface area contributed by atoms with Gasteiger partial charge in [-0.15, -0.1) is 0 Å². The number of nitrogens with one attached hydrogen (secondary N) is 1. The van der Waals surface area contributed by atoms with E-state index in [1.165, 1.54) is 0 Å². The molecule has 1 aromatic rings. The molecule has 0 bridgehead atoms. The molecule has 0 radical (unpaired) electrons. The number of hydrogen-bond acceptors (Lipinski definition) is 2. The van der Waals surface area contributed by atoms with Gasteiger partial charge in [0, 0.05) is 5.69 Å². The molecule has 0 saturated heterocycles. The molecule has 4 heteroatoms. The van der Waals surface area contributed by atoms with Crippen LogP contribution >= 0.6 is 0 Å². The van der Waals surface area contributed by atoms with Crippen LogP contribution in [0.25, 0.3) is 0 Å². The van der Waals surface area contributed by atoms with E-state index in [1.54, 1.807) is 24.3 Å². The standard InChI is InChI=1S/C10H12FNO2/c1-2-14-9-5-3-8(4-6-9)12-10(13)7-11/h3-6H,2,7H2,1H3,(H,12,13). The van der Waals surface area contributed by atoms with Gasteiger partial charge in [-0.3, -0.25) is 4.79 Å². The second-order valence-electron chi connectivity index (χ2n) is 2.64. The summed E-state index contributed by atoms with van der Waals surface area (Å²) in [5.41, 5.74) is 0.566. The Morgan fingerprint density at radius 2 is 2.07 bits per heavy atom. The first-order valence-electron chi connectivity index (χ1n) is 4.35. The van der Waals surface area contributed by atoms with Crippen LogP contribution in [0.15, 0.2) is 24.3 Å². The number of carbonyl (C=O) groups excluding carboxylic acids is 1. The minimum absolute atomic E-state index is 0.566. The van der Waals surface area contributed by atoms with Crippen LogP contribution in [0.5, 0.6) is 5.75 Å². The molecule has 3 nitrogen and oxygen atoms in total. The lowest BCUT2D eigenvalue weighted by atomic mass is 10.3. The number of amides is 1. The quantitative estimate of drug-likeness (QED) is 0.801. The van der Waals surface area contributed by atoms with Crippen molar-refractivity contribution in [2.45, 2.75) is 6.92 Å². The highest BCUT2D eigenvalue weighted by Gasteiger charge is 2.00. The van der Waals surface area contributed by atoms with Gasteiger partial charge in [-0.25, -0.2) is 4.39 Å². The predicted octanol–water partition coefficient (Wildman–Crippen LogP) is 1.99. The Kier molecular flexibility index (Phi) is 3.91. The zero-order chi connectivity index (χ0) is 10.4. The molecule has 14 heavy (non-hydrogen) atoms. The van der Waals surface area contributed by atoms with Crippen LogP contribution in [0.4, 0.5) is 10.1 Å². The van der Waals surface area contributed by atoms with Gasteiger partial charge in [0.15, 0.2) is 6.67 Å². The summed E-state index contributed by atoms with van der Waals surface area (Å²) in [6.07, 6.45) is 0. The molecule has 1 rings (SSSR count). The molecule has 0 unspecified atom stereocenters. The number of rotatable bonds is 4. The molecule has 0 fully saturated rings. The van der Waals surface area contributed by atoms with Gasteiger partial charge in [0.25, 0.3) is 5.91 Å². The maximum Gasteiger partial charge on any atom is 0.255 e. The summed E-state index contributed by atoms with van der Waals surface area (Å²) < 4.78 is 17.0. The van der Waals surface area contributed by atoms with Crippen molar-refractivity contribution < 1.29 is 13.9 Å². The fourth-order valence-electron chi connectivity index (χ4n) is 0.996. The molecule has 0 aromatic heterocycles. The van der Waals surface area contributed by atoms with Crippen LogP contribution in [0.1, 0.15) is 6.92 Å². The Morgan fingerprint density at radius 1 is 1.43 bits per heavy atom. The summed E-state index contributed by atoms with van der Waals surface area (Å²) >= 11 is 0. The molecule has 76 valence electrons. The molecule has 0 aliphatic heterocycles. The van der Waals surface area contributed by atoms with E-state index in [0.29, 0.717) is 12.3 Å². The lowest BCUT2D eigenvalue weighted by Gasteiger charge is -2.05. The Morgan fingerprint density at radius 3 is 2.57 bits per heavy atom. The Balaban J connectivity index is 2.59. The van der Waals surface area contributed by atoms with Gasteiger partial charge in [-0.05, 0) is 31.2 Å². The average Bonchev–Trinajstić information content (AvgIpc) is 2.21. The number of halogens is 1. The summed E-state index contributed by atoms with van der Waals surface area (Å²) in [5.74, 6) is 0.0832. The van der Waals surface area contributed by atoms with E-state index in [0.717, 1.165) is 5.75 Å². The van der Waals surface area contributed by atoms with Crippen LogP contribution in [0.2, 0.25) is 0 Å². The van der Waals surface area contributed by atoms with Crippen molar-refractivity contribution in [2.24, 2.45) is 0 Å². The molecule has 1 N–H and O–H groups in total. The van der Waals surface area contributed by atoms with Crippen LogP contribution in [-0.4, -0.2) is 19.2 Å². The first-order chi connectivity index (χ1) is 6.76. The Bertz CT molecular complexity index is 297. The van der Waals surface area contributed by atoms with Gasteiger partial charge in [0.05, 0.1) is 6.61 Å². The summed E-state index contributed by atoms with van der Waals surface area (Å²) in [5, 5.41) is 2.39. The largest absolute Gasteiger partial charge is 0.494 e. The third kappa shape index (κ3) is 3.05. The molecule has 0 aliphatic rings. The summed E-state index contributed by atoms with van der Waals surface area (Å²) in [6, 6.07) is 6.77. The van der Waals surface area contributed by atoms with Crippen molar-refractivity contribution in [2.75, 3.05) is 18.6 Å². The first kappa shape index (κ1) is 10.5. The fraction of sp³-hybridized carbons (Fsp3) is 0.300. The van der Waals surface area contributed by atoms with Crippen molar-refractivity contribution in [1.82, 2.24) is 0 Å². The Hall–Kier alpha value is -1.58. The molecule has 0 spiro atoms. The molecule has 0 aliphatic carbocycles. The predicted molar refractivity (Wildman–Crippen MR) is 52.2 cm³/mol. The SMILES string of the molecule is CCOc1ccc(NC(=O)CF)cc1. The summed E-state index contributed by atoms with van der Waals surface area (Å²) in [6.45, 7) is 1.47. The van der Waals surface area contributed by atoms with E-state index in [4.69, 9.17) is 4.74 Å². The minimum Gasteiger partial charge on any atom is -0.494 e. The Labute approximate surface area is 81.9 Å². The number of anilines is 1. The smallest absolute Gasteiger partial charge is 0.255 e. The van der Waals surface area contributed by atoms with E-state index in [1.807, 2.05) is 6.92 Å². The number of ether oxygens (including phenoxy) is 1. The van der Waals surface area contributed by atoms with Crippen molar-refractivity contribution in [3.8, 4) is 5.75 Å². The maximum atomic E-state index is 11.8. The first-order valence-corrected chi connectivity index (χ1v) is 4.35. The average molecular weight is 197 g/mol. The normalized spacial score (nSPS) is 9.57. The third-order valence-electron chi connectivity index (χ3n) is 1.57. The van der Waals surface area contributed by atoms with Crippen molar-refractivity contribution >= 4 is 11.6 Å². The molecule has 1 aromatic carbocycles. The summed E-state index contributed by atoms with van der Waals surface area (Å²) in [7, 11) is 0. The van der Waals surface area contributed by atoms with Gasteiger partial charge in [-0.2, -0.15) is 0 Å². The highest BCUT2D eigenvalue weighted by molar-refractivity contribution is 5.91. The van der Waals surface area contributed by atoms with Crippen LogP contribution < -0.4 is 10.1 Å². The van der Waals surface area contributed by atoms with Crippen molar-refractivity contribution in [3.63, 3.8) is 0 Å². The van der Waals surface area contributed by atoms with Crippen molar-refractivity contribution in [3.05, 3.63) is 24.3 Å². The van der Waals surface area contributed by atoms with E-state index in [9.17, 15) is 9.18 Å². The van der Waals surface area contributed by atoms with Gasteiger partial charge in [0.1, 0.15) is 5.75 Å². The third-order valence-corrected chi connectivity index (χ3v) is 1.57. The second kappa shape index (κ2) is 5.21. The zero-order valence-electron chi connectivity index (χ0n) is 7.92. The van der Waals surface area contributed by atoms with Crippen LogP contribution in [0, 0.1) is 0 Å². The topological polar surface area (TPSA) is 38.3 Å². The lowest BCUT2D eigenvalue weighted by Crippen LogP contribution is -2.12. The van der Waals surface area contributed by atoms with E-state index < -0.39 is 12.6 Å². The molecule has 0 atom stereocenters. The van der Waals surface area contributed by atoms with Gasteiger partial charge < -0.3 is 10.1 Å². The number of benzene rings is 1. The van der Waals surface area contributed by atoms with E-state index in [2.05, 4.69) is 5.32 Å².